The molecule has 3 heterocycles. The van der Waals surface area contributed by atoms with Gasteiger partial charge in [0.1, 0.15) is 12.4 Å². The molecule has 3 aromatic heterocycles. The Hall–Kier alpha value is -4.41. The highest BCUT2D eigenvalue weighted by Crippen LogP contribution is 2.33. The SMILES string of the molecule is Cc1c(-c2ccc(-c3cnc(C(N)=O)n3C)c(F)c2F)cnn1CC(=O)Nc1ccccn1. The van der Waals surface area contributed by atoms with Crippen LogP contribution in [0.5, 0.6) is 0 Å². The number of rotatable bonds is 6. The van der Waals surface area contributed by atoms with Crippen molar-refractivity contribution in [3.63, 3.8) is 0 Å². The fraction of sp³-hybridized carbons (Fsp3) is 0.136. The smallest absolute Gasteiger partial charge is 0.284 e. The number of halogens is 2. The molecule has 4 aromatic rings. The minimum atomic E-state index is -1.11. The maximum atomic E-state index is 15.0. The second-order valence-corrected chi connectivity index (χ2v) is 7.24. The van der Waals surface area contributed by atoms with Crippen LogP contribution in [0.1, 0.15) is 16.3 Å². The predicted molar refractivity (Wildman–Crippen MR) is 116 cm³/mol. The number of amides is 2. The monoisotopic (exact) mass is 451 g/mol. The first-order valence-corrected chi connectivity index (χ1v) is 9.81. The third kappa shape index (κ3) is 4.07. The topological polar surface area (TPSA) is 121 Å². The number of aromatic nitrogens is 5. The average Bonchev–Trinajstić information content (AvgIpc) is 3.34. The van der Waals surface area contributed by atoms with Crippen molar-refractivity contribution >= 4 is 17.6 Å². The molecule has 0 atom stereocenters. The van der Waals surface area contributed by atoms with Crippen LogP contribution in [0.2, 0.25) is 0 Å². The van der Waals surface area contributed by atoms with E-state index in [4.69, 9.17) is 5.73 Å². The second-order valence-electron chi connectivity index (χ2n) is 7.24. The fourth-order valence-corrected chi connectivity index (χ4v) is 3.47. The van der Waals surface area contributed by atoms with Gasteiger partial charge in [0.25, 0.3) is 5.91 Å². The fourth-order valence-electron chi connectivity index (χ4n) is 3.47. The Labute approximate surface area is 186 Å². The number of nitrogens with zero attached hydrogens (tertiary/aromatic N) is 5. The molecule has 0 fully saturated rings. The molecule has 0 unspecified atom stereocenters. The van der Waals surface area contributed by atoms with Gasteiger partial charge in [0.15, 0.2) is 17.5 Å². The molecule has 0 bridgehead atoms. The molecule has 11 heteroatoms. The second kappa shape index (κ2) is 8.61. The van der Waals surface area contributed by atoms with Crippen LogP contribution < -0.4 is 11.1 Å². The van der Waals surface area contributed by atoms with Gasteiger partial charge in [-0.2, -0.15) is 5.10 Å². The molecule has 0 saturated heterocycles. The summed E-state index contributed by atoms with van der Waals surface area (Å²) in [6, 6.07) is 7.91. The molecule has 0 aliphatic heterocycles. The molecule has 4 rings (SSSR count). The van der Waals surface area contributed by atoms with Crippen LogP contribution in [0.3, 0.4) is 0 Å². The van der Waals surface area contributed by atoms with Gasteiger partial charge >= 0.3 is 0 Å². The molecule has 168 valence electrons. The van der Waals surface area contributed by atoms with E-state index in [2.05, 4.69) is 20.4 Å². The number of nitrogens with one attached hydrogen (secondary N) is 1. The standard InChI is InChI=1S/C22H19F2N7O2/c1-12-15(9-28-31(12)11-18(32)29-17-5-3-4-8-26-17)13-6-7-14(20(24)19(13)23)16-10-27-22(21(25)33)30(16)2/h3-10H,11H2,1-2H3,(H2,25,33)(H,26,29,32). The van der Waals surface area contributed by atoms with Gasteiger partial charge in [-0.15, -0.1) is 0 Å². The molecule has 0 saturated carbocycles. The third-order valence-electron chi connectivity index (χ3n) is 5.19. The summed E-state index contributed by atoms with van der Waals surface area (Å²) in [7, 11) is 1.48. The van der Waals surface area contributed by atoms with E-state index in [9.17, 15) is 14.0 Å². The van der Waals surface area contributed by atoms with Crippen molar-refractivity contribution in [2.45, 2.75) is 13.5 Å². The van der Waals surface area contributed by atoms with Gasteiger partial charge in [-0.25, -0.2) is 18.7 Å². The normalized spacial score (nSPS) is 10.9. The number of primary amides is 1. The highest BCUT2D eigenvalue weighted by molar-refractivity contribution is 5.90. The predicted octanol–water partition coefficient (Wildman–Crippen LogP) is 2.67. The molecule has 2 amide bonds. The first kappa shape index (κ1) is 21.8. The van der Waals surface area contributed by atoms with Crippen molar-refractivity contribution < 1.29 is 18.4 Å². The molecule has 9 nitrogen and oxygen atoms in total. The largest absolute Gasteiger partial charge is 0.363 e. The van der Waals surface area contributed by atoms with Gasteiger partial charge in [-0.1, -0.05) is 12.1 Å². The van der Waals surface area contributed by atoms with Gasteiger partial charge in [0.2, 0.25) is 5.91 Å². The quantitative estimate of drug-likeness (QED) is 0.467. The van der Waals surface area contributed by atoms with Gasteiger partial charge in [-0.3, -0.25) is 14.3 Å². The van der Waals surface area contributed by atoms with Crippen molar-refractivity contribution in [2.24, 2.45) is 12.8 Å². The summed E-state index contributed by atoms with van der Waals surface area (Å²) in [5.41, 5.74) is 6.18. The summed E-state index contributed by atoms with van der Waals surface area (Å²) < 4.78 is 32.7. The van der Waals surface area contributed by atoms with Crippen molar-refractivity contribution in [3.8, 4) is 22.4 Å². The average molecular weight is 451 g/mol. The van der Waals surface area contributed by atoms with Gasteiger partial charge < -0.3 is 15.6 Å². The molecule has 1 aromatic carbocycles. The van der Waals surface area contributed by atoms with Crippen LogP contribution in [0.4, 0.5) is 14.6 Å². The summed E-state index contributed by atoms with van der Waals surface area (Å²) >= 11 is 0. The van der Waals surface area contributed by atoms with Crippen molar-refractivity contribution in [1.82, 2.24) is 24.3 Å². The highest BCUT2D eigenvalue weighted by atomic mass is 19.2. The van der Waals surface area contributed by atoms with Gasteiger partial charge in [0.05, 0.1) is 18.1 Å². The zero-order valence-corrected chi connectivity index (χ0v) is 17.7. The molecular formula is C22H19F2N7O2. The highest BCUT2D eigenvalue weighted by Gasteiger charge is 2.22. The number of imidazole rings is 1. The Morgan fingerprint density at radius 2 is 1.76 bits per heavy atom. The number of hydrogen-bond donors (Lipinski definition) is 2. The zero-order chi connectivity index (χ0) is 23.7. The zero-order valence-electron chi connectivity index (χ0n) is 17.7. The van der Waals surface area contributed by atoms with E-state index in [1.807, 2.05) is 0 Å². The molecule has 3 N–H and O–H groups in total. The molecule has 33 heavy (non-hydrogen) atoms. The van der Waals surface area contributed by atoms with Crippen molar-refractivity contribution in [1.29, 1.82) is 0 Å². The van der Waals surface area contributed by atoms with E-state index in [1.54, 1.807) is 31.3 Å². The van der Waals surface area contributed by atoms with Gasteiger partial charge in [-0.05, 0) is 25.1 Å². The van der Waals surface area contributed by atoms with Crippen molar-refractivity contribution in [2.75, 3.05) is 5.32 Å². The molecule has 0 spiro atoms. The van der Waals surface area contributed by atoms with Crippen LogP contribution in [-0.2, 0) is 18.4 Å². The van der Waals surface area contributed by atoms with Crippen LogP contribution in [0, 0.1) is 18.6 Å². The first-order chi connectivity index (χ1) is 15.8. The Kier molecular flexibility index (Phi) is 5.69. The summed E-state index contributed by atoms with van der Waals surface area (Å²) in [4.78, 5) is 31.6. The van der Waals surface area contributed by atoms with E-state index >= 15 is 4.39 Å². The van der Waals surface area contributed by atoms with Gasteiger partial charge in [0, 0.05) is 35.6 Å². The Bertz CT molecular complexity index is 1360. The van der Waals surface area contributed by atoms with Crippen LogP contribution in [0.25, 0.3) is 22.4 Å². The first-order valence-electron chi connectivity index (χ1n) is 9.81. The number of nitrogens with two attached hydrogens (primary N) is 1. The van der Waals surface area contributed by atoms with E-state index in [0.29, 0.717) is 17.1 Å². The summed E-state index contributed by atoms with van der Waals surface area (Å²) in [6.45, 7) is 1.53. The number of benzene rings is 1. The molecular weight excluding hydrogens is 432 g/mol. The number of hydrogen-bond acceptors (Lipinski definition) is 5. The van der Waals surface area contributed by atoms with Crippen LogP contribution >= 0.6 is 0 Å². The van der Waals surface area contributed by atoms with E-state index in [-0.39, 0.29) is 35.1 Å². The Morgan fingerprint density at radius 1 is 1.03 bits per heavy atom. The summed E-state index contributed by atoms with van der Waals surface area (Å²) in [5, 5.41) is 6.78. The van der Waals surface area contributed by atoms with Crippen LogP contribution in [-0.4, -0.2) is 36.1 Å². The Morgan fingerprint density at radius 3 is 2.42 bits per heavy atom. The lowest BCUT2D eigenvalue weighted by Gasteiger charge is -2.10. The molecule has 0 aliphatic carbocycles. The minimum absolute atomic E-state index is 0.0116. The lowest BCUT2D eigenvalue weighted by molar-refractivity contribution is -0.117. The van der Waals surface area contributed by atoms with E-state index < -0.39 is 17.5 Å². The molecule has 0 aliphatic rings. The molecule has 0 radical (unpaired) electrons. The number of carbonyl (C=O) groups is 2. The minimum Gasteiger partial charge on any atom is -0.363 e. The number of anilines is 1. The maximum absolute atomic E-state index is 15.0. The van der Waals surface area contributed by atoms with Crippen molar-refractivity contribution in [3.05, 3.63) is 72.1 Å². The Balaban J connectivity index is 1.61. The summed E-state index contributed by atoms with van der Waals surface area (Å²) in [5.74, 6) is -3.02. The number of pyridine rings is 1. The summed E-state index contributed by atoms with van der Waals surface area (Å²) in [6.07, 6.45) is 4.17. The lowest BCUT2D eigenvalue weighted by atomic mass is 10.0. The maximum Gasteiger partial charge on any atom is 0.284 e. The van der Waals surface area contributed by atoms with E-state index in [0.717, 1.165) is 0 Å². The van der Waals surface area contributed by atoms with Crippen LogP contribution in [0.15, 0.2) is 48.9 Å². The lowest BCUT2D eigenvalue weighted by Crippen LogP contribution is -2.20. The third-order valence-corrected chi connectivity index (χ3v) is 5.19. The van der Waals surface area contributed by atoms with E-state index in [1.165, 1.54) is 40.8 Å². The number of carbonyl (C=O) groups excluding carboxylic acids is 2.